The van der Waals surface area contributed by atoms with E-state index >= 15 is 0 Å². The number of rotatable bonds is 8. The van der Waals surface area contributed by atoms with Gasteiger partial charge in [-0.2, -0.15) is 0 Å². The van der Waals surface area contributed by atoms with Gasteiger partial charge in [-0.05, 0) is 32.1 Å². The van der Waals surface area contributed by atoms with Crippen LogP contribution in [0.1, 0.15) is 44.5 Å². The number of aliphatic hydroxyl groups excluding tert-OH is 1. The second kappa shape index (κ2) is 6.88. The summed E-state index contributed by atoms with van der Waals surface area (Å²) in [4.78, 5) is 9.08. The SMILES string of the molecule is CCCNc1nc(CC)nc(NCC(O)C2CC2)c1C. The van der Waals surface area contributed by atoms with Crippen LogP contribution in [0.25, 0.3) is 0 Å². The van der Waals surface area contributed by atoms with Crippen molar-refractivity contribution in [1.29, 1.82) is 0 Å². The van der Waals surface area contributed by atoms with Crippen molar-refractivity contribution >= 4 is 11.6 Å². The summed E-state index contributed by atoms with van der Waals surface area (Å²) in [7, 11) is 0. The number of nitrogens with one attached hydrogen (secondary N) is 2. The summed E-state index contributed by atoms with van der Waals surface area (Å²) in [5.41, 5.74) is 1.03. The van der Waals surface area contributed by atoms with Crippen molar-refractivity contribution < 1.29 is 5.11 Å². The molecule has 0 amide bonds. The number of aliphatic hydroxyl groups is 1. The molecule has 0 bridgehead atoms. The number of nitrogens with zero attached hydrogens (tertiary/aromatic N) is 2. The number of aromatic nitrogens is 2. The standard InChI is InChI=1S/C15H26N4O/c1-4-8-16-14-10(3)15(19-13(5-2)18-14)17-9-12(20)11-6-7-11/h11-12,20H,4-9H2,1-3H3,(H2,16,17,18,19). The topological polar surface area (TPSA) is 70.1 Å². The van der Waals surface area contributed by atoms with Crippen molar-refractivity contribution in [2.24, 2.45) is 5.92 Å². The third kappa shape index (κ3) is 3.82. The van der Waals surface area contributed by atoms with Gasteiger partial charge < -0.3 is 15.7 Å². The first-order valence-corrected chi connectivity index (χ1v) is 7.69. The van der Waals surface area contributed by atoms with E-state index < -0.39 is 0 Å². The Hall–Kier alpha value is -1.36. The minimum atomic E-state index is -0.263. The third-order valence-electron chi connectivity index (χ3n) is 3.70. The maximum atomic E-state index is 9.96. The van der Waals surface area contributed by atoms with E-state index in [1.807, 2.05) is 6.92 Å². The average Bonchev–Trinajstić information content (AvgIpc) is 3.29. The van der Waals surface area contributed by atoms with Gasteiger partial charge >= 0.3 is 0 Å². The van der Waals surface area contributed by atoms with Gasteiger partial charge in [-0.25, -0.2) is 9.97 Å². The lowest BCUT2D eigenvalue weighted by molar-refractivity contribution is 0.164. The molecule has 1 aromatic rings. The molecule has 1 unspecified atom stereocenters. The van der Waals surface area contributed by atoms with Gasteiger partial charge in [0.05, 0.1) is 6.10 Å². The van der Waals surface area contributed by atoms with Crippen LogP contribution >= 0.6 is 0 Å². The molecular weight excluding hydrogens is 252 g/mol. The molecule has 0 aliphatic heterocycles. The van der Waals surface area contributed by atoms with Crippen LogP contribution in [0.2, 0.25) is 0 Å². The highest BCUT2D eigenvalue weighted by atomic mass is 16.3. The van der Waals surface area contributed by atoms with E-state index in [1.54, 1.807) is 0 Å². The summed E-state index contributed by atoms with van der Waals surface area (Å²) in [5.74, 6) is 3.06. The van der Waals surface area contributed by atoms with Gasteiger partial charge in [-0.15, -0.1) is 0 Å². The zero-order chi connectivity index (χ0) is 14.5. The molecule has 0 radical (unpaired) electrons. The van der Waals surface area contributed by atoms with Gasteiger partial charge in [0.1, 0.15) is 17.5 Å². The van der Waals surface area contributed by atoms with E-state index in [2.05, 4.69) is 34.4 Å². The van der Waals surface area contributed by atoms with Crippen LogP contribution in [0.3, 0.4) is 0 Å². The van der Waals surface area contributed by atoms with E-state index in [-0.39, 0.29) is 6.10 Å². The third-order valence-corrected chi connectivity index (χ3v) is 3.70. The quantitative estimate of drug-likeness (QED) is 0.681. The lowest BCUT2D eigenvalue weighted by atomic mass is 10.2. The molecule has 112 valence electrons. The predicted octanol–water partition coefficient (Wildman–Crippen LogP) is 2.35. The highest BCUT2D eigenvalue weighted by molar-refractivity contribution is 5.57. The van der Waals surface area contributed by atoms with E-state index in [4.69, 9.17) is 0 Å². The summed E-state index contributed by atoms with van der Waals surface area (Å²) in [6, 6.07) is 0. The Morgan fingerprint density at radius 1 is 1.20 bits per heavy atom. The Labute approximate surface area is 121 Å². The number of aryl methyl sites for hydroxylation is 1. The number of hydrogen-bond donors (Lipinski definition) is 3. The lowest BCUT2D eigenvalue weighted by Gasteiger charge is -2.16. The fourth-order valence-electron chi connectivity index (χ4n) is 2.16. The molecule has 0 spiro atoms. The second-order valence-corrected chi connectivity index (χ2v) is 5.53. The van der Waals surface area contributed by atoms with Gasteiger partial charge in [0, 0.05) is 25.1 Å². The minimum absolute atomic E-state index is 0.263. The fourth-order valence-corrected chi connectivity index (χ4v) is 2.16. The molecule has 0 saturated heterocycles. The van der Waals surface area contributed by atoms with Gasteiger partial charge in [-0.3, -0.25) is 0 Å². The summed E-state index contributed by atoms with van der Waals surface area (Å²) in [5, 5.41) is 16.6. The van der Waals surface area contributed by atoms with Crippen molar-refractivity contribution in [2.45, 2.75) is 52.6 Å². The Bertz CT molecular complexity index is 446. The lowest BCUT2D eigenvalue weighted by Crippen LogP contribution is -2.23. The summed E-state index contributed by atoms with van der Waals surface area (Å²) >= 11 is 0. The first-order valence-electron chi connectivity index (χ1n) is 7.69. The number of hydrogen-bond acceptors (Lipinski definition) is 5. The van der Waals surface area contributed by atoms with E-state index in [9.17, 15) is 5.11 Å². The second-order valence-electron chi connectivity index (χ2n) is 5.53. The van der Waals surface area contributed by atoms with Crippen molar-refractivity contribution in [3.63, 3.8) is 0 Å². The van der Waals surface area contributed by atoms with E-state index in [1.165, 1.54) is 0 Å². The molecule has 5 nitrogen and oxygen atoms in total. The van der Waals surface area contributed by atoms with Crippen molar-refractivity contribution in [1.82, 2.24) is 9.97 Å². The molecule has 1 saturated carbocycles. The molecule has 5 heteroatoms. The molecular formula is C15H26N4O. The first-order chi connectivity index (χ1) is 9.65. The fraction of sp³-hybridized carbons (Fsp3) is 0.733. The van der Waals surface area contributed by atoms with Crippen molar-refractivity contribution in [3.8, 4) is 0 Å². The summed E-state index contributed by atoms with van der Waals surface area (Å²) in [6.45, 7) is 7.68. The maximum absolute atomic E-state index is 9.96. The van der Waals surface area contributed by atoms with Crippen LogP contribution < -0.4 is 10.6 Å². The summed E-state index contributed by atoms with van der Waals surface area (Å²) < 4.78 is 0. The van der Waals surface area contributed by atoms with Crippen LogP contribution in [-0.2, 0) is 6.42 Å². The Balaban J connectivity index is 2.08. The number of anilines is 2. The smallest absolute Gasteiger partial charge is 0.134 e. The molecule has 1 fully saturated rings. The van der Waals surface area contributed by atoms with Crippen molar-refractivity contribution in [3.05, 3.63) is 11.4 Å². The molecule has 1 atom stereocenters. The molecule has 2 rings (SSSR count). The molecule has 1 aromatic heterocycles. The maximum Gasteiger partial charge on any atom is 0.134 e. The molecule has 1 heterocycles. The molecule has 1 aliphatic carbocycles. The minimum Gasteiger partial charge on any atom is -0.391 e. The molecule has 20 heavy (non-hydrogen) atoms. The van der Waals surface area contributed by atoms with Crippen LogP contribution in [0.15, 0.2) is 0 Å². The molecule has 3 N–H and O–H groups in total. The van der Waals surface area contributed by atoms with Crippen molar-refractivity contribution in [2.75, 3.05) is 23.7 Å². The largest absolute Gasteiger partial charge is 0.391 e. The van der Waals surface area contributed by atoms with Gasteiger partial charge in [-0.1, -0.05) is 13.8 Å². The van der Waals surface area contributed by atoms with E-state index in [0.29, 0.717) is 12.5 Å². The zero-order valence-electron chi connectivity index (χ0n) is 12.7. The average molecular weight is 278 g/mol. The van der Waals surface area contributed by atoms with E-state index in [0.717, 1.165) is 55.3 Å². The van der Waals surface area contributed by atoms with Gasteiger partial charge in [0.15, 0.2) is 0 Å². The van der Waals surface area contributed by atoms with Crippen LogP contribution in [0.5, 0.6) is 0 Å². The van der Waals surface area contributed by atoms with Gasteiger partial charge in [0.2, 0.25) is 0 Å². The molecule has 0 aromatic carbocycles. The van der Waals surface area contributed by atoms with Crippen LogP contribution in [0, 0.1) is 12.8 Å². The normalized spacial score (nSPS) is 16.0. The predicted molar refractivity (Wildman–Crippen MR) is 82.1 cm³/mol. The first kappa shape index (κ1) is 15.0. The summed E-state index contributed by atoms with van der Waals surface area (Å²) in [6.07, 6.45) is 3.90. The van der Waals surface area contributed by atoms with Crippen LogP contribution in [-0.4, -0.2) is 34.3 Å². The molecule has 1 aliphatic rings. The Kier molecular flexibility index (Phi) is 5.17. The van der Waals surface area contributed by atoms with Gasteiger partial charge in [0.25, 0.3) is 0 Å². The van der Waals surface area contributed by atoms with Crippen LogP contribution in [0.4, 0.5) is 11.6 Å². The highest BCUT2D eigenvalue weighted by Crippen LogP contribution is 2.32. The monoisotopic (exact) mass is 278 g/mol. The zero-order valence-corrected chi connectivity index (χ0v) is 12.7. The Morgan fingerprint density at radius 2 is 1.85 bits per heavy atom. The Morgan fingerprint density at radius 3 is 2.40 bits per heavy atom. The highest BCUT2D eigenvalue weighted by Gasteiger charge is 2.29.